The maximum absolute atomic E-state index is 12.7. The number of nitrogens with zero attached hydrogens (tertiary/aromatic N) is 3. The zero-order valence-corrected chi connectivity index (χ0v) is 10.9. The molecule has 3 rings (SSSR count). The van der Waals surface area contributed by atoms with Crippen LogP contribution in [0.25, 0.3) is 0 Å². The molecule has 1 saturated carbocycles. The third-order valence-electron chi connectivity index (χ3n) is 3.88. The predicted octanol–water partition coefficient (Wildman–Crippen LogP) is 2.64. The molecule has 0 spiro atoms. The largest absolute Gasteiger partial charge is 0.433 e. The van der Waals surface area contributed by atoms with E-state index in [2.05, 4.69) is 9.97 Å². The van der Waals surface area contributed by atoms with Crippen molar-refractivity contribution < 1.29 is 17.9 Å². The minimum absolute atomic E-state index is 0.0932. The second-order valence-electron chi connectivity index (χ2n) is 5.19. The van der Waals surface area contributed by atoms with Gasteiger partial charge in [0.05, 0.1) is 12.1 Å². The molecule has 1 aromatic heterocycles. The van der Waals surface area contributed by atoms with Crippen molar-refractivity contribution in [2.24, 2.45) is 0 Å². The number of hydrogen-bond acceptors (Lipinski definition) is 4. The molecule has 0 aromatic carbocycles. The fourth-order valence-corrected chi connectivity index (χ4v) is 2.99. The van der Waals surface area contributed by atoms with E-state index >= 15 is 0 Å². The van der Waals surface area contributed by atoms with E-state index in [1.54, 1.807) is 0 Å². The molecule has 2 aliphatic rings. The van der Waals surface area contributed by atoms with Crippen molar-refractivity contribution in [1.29, 1.82) is 0 Å². The Hall–Kier alpha value is -1.37. The monoisotopic (exact) mass is 287 g/mol. The van der Waals surface area contributed by atoms with Gasteiger partial charge in [0.1, 0.15) is 5.69 Å². The highest BCUT2D eigenvalue weighted by molar-refractivity contribution is 5.34. The molecular weight excluding hydrogens is 271 g/mol. The Morgan fingerprint density at radius 3 is 2.90 bits per heavy atom. The molecular formula is C13H16F3N3O. The SMILES string of the molecule is FC(F)(F)c1ccnc(N2CCCO[C@@H]3CCC[C@@H]32)n1. The molecule has 7 heteroatoms. The van der Waals surface area contributed by atoms with Gasteiger partial charge in [-0.2, -0.15) is 13.2 Å². The van der Waals surface area contributed by atoms with Gasteiger partial charge in [-0.25, -0.2) is 9.97 Å². The minimum Gasteiger partial charge on any atom is -0.376 e. The molecule has 0 radical (unpaired) electrons. The number of fused-ring (bicyclic) bond motifs is 1. The summed E-state index contributed by atoms with van der Waals surface area (Å²) in [6.07, 6.45) is 0.535. The quantitative estimate of drug-likeness (QED) is 0.796. The molecule has 1 aliphatic heterocycles. The van der Waals surface area contributed by atoms with Crippen LogP contribution < -0.4 is 4.90 Å². The van der Waals surface area contributed by atoms with Gasteiger partial charge in [0.25, 0.3) is 0 Å². The summed E-state index contributed by atoms with van der Waals surface area (Å²) in [5.74, 6) is 0.169. The molecule has 0 amide bonds. The second-order valence-corrected chi connectivity index (χ2v) is 5.19. The van der Waals surface area contributed by atoms with Crippen molar-refractivity contribution in [3.63, 3.8) is 0 Å². The Balaban J connectivity index is 1.90. The molecule has 1 aliphatic carbocycles. The van der Waals surface area contributed by atoms with E-state index in [0.717, 1.165) is 31.7 Å². The molecule has 1 saturated heterocycles. The van der Waals surface area contributed by atoms with Crippen LogP contribution in [0.4, 0.5) is 19.1 Å². The summed E-state index contributed by atoms with van der Waals surface area (Å²) in [5, 5.41) is 0. The van der Waals surface area contributed by atoms with Gasteiger partial charge in [0.15, 0.2) is 0 Å². The number of anilines is 1. The molecule has 2 fully saturated rings. The van der Waals surface area contributed by atoms with Crippen molar-refractivity contribution in [2.45, 2.75) is 44.0 Å². The fraction of sp³-hybridized carbons (Fsp3) is 0.692. The van der Waals surface area contributed by atoms with Gasteiger partial charge < -0.3 is 9.64 Å². The Labute approximate surface area is 115 Å². The van der Waals surface area contributed by atoms with Gasteiger partial charge in [-0.05, 0) is 31.7 Å². The van der Waals surface area contributed by atoms with E-state index in [1.165, 1.54) is 6.20 Å². The summed E-state index contributed by atoms with van der Waals surface area (Å²) in [5.41, 5.74) is -0.887. The molecule has 0 unspecified atom stereocenters. The first-order chi connectivity index (χ1) is 9.55. The van der Waals surface area contributed by atoms with Crippen molar-refractivity contribution >= 4 is 5.95 Å². The molecule has 110 valence electrons. The van der Waals surface area contributed by atoms with Crippen LogP contribution in [0.2, 0.25) is 0 Å². The highest BCUT2D eigenvalue weighted by atomic mass is 19.4. The van der Waals surface area contributed by atoms with Gasteiger partial charge in [-0.15, -0.1) is 0 Å². The lowest BCUT2D eigenvalue weighted by atomic mass is 10.2. The lowest BCUT2D eigenvalue weighted by Crippen LogP contribution is -2.41. The van der Waals surface area contributed by atoms with E-state index in [0.29, 0.717) is 13.2 Å². The smallest absolute Gasteiger partial charge is 0.376 e. The summed E-state index contributed by atoms with van der Waals surface area (Å²) in [7, 11) is 0. The molecule has 2 heterocycles. The first-order valence-corrected chi connectivity index (χ1v) is 6.84. The van der Waals surface area contributed by atoms with Crippen LogP contribution in [0, 0.1) is 0 Å². The third kappa shape index (κ3) is 2.59. The van der Waals surface area contributed by atoms with Crippen LogP contribution in [-0.2, 0) is 10.9 Å². The average molecular weight is 287 g/mol. The second kappa shape index (κ2) is 5.20. The number of hydrogen-bond donors (Lipinski definition) is 0. The molecule has 0 bridgehead atoms. The number of rotatable bonds is 1. The lowest BCUT2D eigenvalue weighted by molar-refractivity contribution is -0.141. The number of aromatic nitrogens is 2. The van der Waals surface area contributed by atoms with Crippen LogP contribution in [0.1, 0.15) is 31.4 Å². The summed E-state index contributed by atoms with van der Waals surface area (Å²) in [6, 6.07) is 1.00. The van der Waals surface area contributed by atoms with Gasteiger partial charge in [0, 0.05) is 19.3 Å². The van der Waals surface area contributed by atoms with Gasteiger partial charge in [-0.1, -0.05) is 0 Å². The Morgan fingerprint density at radius 2 is 2.10 bits per heavy atom. The van der Waals surface area contributed by atoms with Gasteiger partial charge in [0.2, 0.25) is 5.95 Å². The highest BCUT2D eigenvalue weighted by Gasteiger charge is 2.37. The van der Waals surface area contributed by atoms with Crippen molar-refractivity contribution in [2.75, 3.05) is 18.1 Å². The van der Waals surface area contributed by atoms with Crippen LogP contribution in [-0.4, -0.2) is 35.3 Å². The van der Waals surface area contributed by atoms with Crippen LogP contribution in [0.3, 0.4) is 0 Å². The molecule has 0 N–H and O–H groups in total. The highest BCUT2D eigenvalue weighted by Crippen LogP contribution is 2.33. The molecule has 4 nitrogen and oxygen atoms in total. The zero-order chi connectivity index (χ0) is 14.2. The zero-order valence-electron chi connectivity index (χ0n) is 10.9. The number of alkyl halides is 3. The Kier molecular flexibility index (Phi) is 3.54. The molecule has 2 atom stereocenters. The topological polar surface area (TPSA) is 38.2 Å². The van der Waals surface area contributed by atoms with E-state index in [4.69, 9.17) is 4.74 Å². The lowest BCUT2D eigenvalue weighted by Gasteiger charge is -2.30. The summed E-state index contributed by atoms with van der Waals surface area (Å²) >= 11 is 0. The Bertz CT molecular complexity index is 480. The first-order valence-electron chi connectivity index (χ1n) is 6.84. The van der Waals surface area contributed by atoms with Crippen LogP contribution in [0.5, 0.6) is 0 Å². The van der Waals surface area contributed by atoms with Crippen LogP contribution in [0.15, 0.2) is 12.3 Å². The summed E-state index contributed by atoms with van der Waals surface area (Å²) in [6.45, 7) is 1.29. The van der Waals surface area contributed by atoms with E-state index < -0.39 is 11.9 Å². The normalized spacial score (nSPS) is 27.2. The van der Waals surface area contributed by atoms with Crippen LogP contribution >= 0.6 is 0 Å². The van der Waals surface area contributed by atoms with E-state index in [9.17, 15) is 13.2 Å². The fourth-order valence-electron chi connectivity index (χ4n) is 2.99. The van der Waals surface area contributed by atoms with Gasteiger partial charge >= 0.3 is 6.18 Å². The van der Waals surface area contributed by atoms with Crippen molar-refractivity contribution in [3.05, 3.63) is 18.0 Å². The average Bonchev–Trinajstić information content (AvgIpc) is 2.78. The van der Waals surface area contributed by atoms with Crippen molar-refractivity contribution in [3.8, 4) is 0 Å². The third-order valence-corrected chi connectivity index (χ3v) is 3.88. The van der Waals surface area contributed by atoms with E-state index in [1.807, 2.05) is 4.90 Å². The summed E-state index contributed by atoms with van der Waals surface area (Å²) in [4.78, 5) is 9.63. The Morgan fingerprint density at radius 1 is 1.25 bits per heavy atom. The maximum atomic E-state index is 12.7. The maximum Gasteiger partial charge on any atom is 0.433 e. The van der Waals surface area contributed by atoms with Crippen molar-refractivity contribution in [1.82, 2.24) is 9.97 Å². The molecule has 1 aromatic rings. The predicted molar refractivity (Wildman–Crippen MR) is 66.4 cm³/mol. The minimum atomic E-state index is -4.44. The first kappa shape index (κ1) is 13.6. The standard InChI is InChI=1S/C13H16F3N3O/c14-13(15,16)11-5-6-17-12(18-11)19-7-2-8-20-10-4-1-3-9(10)19/h5-6,9-10H,1-4,7-8H2/t9-,10+/m0/s1. The van der Waals surface area contributed by atoms with Gasteiger partial charge in [-0.3, -0.25) is 0 Å². The van der Waals surface area contributed by atoms with E-state index in [-0.39, 0.29) is 18.1 Å². The number of ether oxygens (including phenoxy) is 1. The summed E-state index contributed by atoms with van der Waals surface area (Å²) < 4.78 is 44.0. The number of halogens is 3. The molecule has 20 heavy (non-hydrogen) atoms.